The molecule has 0 spiro atoms. The fraction of sp³-hybridized carbons (Fsp3) is 0.118. The van der Waals surface area contributed by atoms with Gasteiger partial charge < -0.3 is 5.32 Å². The van der Waals surface area contributed by atoms with Crippen molar-refractivity contribution in [2.45, 2.75) is 12.6 Å². The molecule has 2 N–H and O–H groups in total. The first-order valence-electron chi connectivity index (χ1n) is 7.29. The van der Waals surface area contributed by atoms with E-state index in [9.17, 15) is 22.8 Å². The molecule has 0 fully saturated rings. The van der Waals surface area contributed by atoms with Crippen LogP contribution in [-0.2, 0) is 15.8 Å². The Hall–Kier alpha value is -2.87. The van der Waals surface area contributed by atoms with Crippen molar-refractivity contribution in [3.05, 3.63) is 64.7 Å². The van der Waals surface area contributed by atoms with Gasteiger partial charge in [-0.1, -0.05) is 35.9 Å². The number of hydrogen-bond donors (Lipinski definition) is 2. The number of carbonyl (C=O) groups is 2. The van der Waals surface area contributed by atoms with E-state index >= 15 is 0 Å². The summed E-state index contributed by atoms with van der Waals surface area (Å²) in [7, 11) is 0. The fourth-order valence-electron chi connectivity index (χ4n) is 1.92. The van der Waals surface area contributed by atoms with Gasteiger partial charge >= 0.3 is 6.18 Å². The number of nitrogens with zero attached hydrogens (tertiary/aromatic N) is 1. The highest BCUT2D eigenvalue weighted by Gasteiger charge is 2.30. The maximum absolute atomic E-state index is 12.6. The molecule has 2 rings (SSSR count). The Balaban J connectivity index is 1.88. The molecule has 0 atom stereocenters. The van der Waals surface area contributed by atoms with Gasteiger partial charge in [-0.2, -0.15) is 18.3 Å². The molecular formula is C17H13ClF3N3O2. The van der Waals surface area contributed by atoms with E-state index in [-0.39, 0.29) is 5.69 Å². The topological polar surface area (TPSA) is 70.6 Å². The van der Waals surface area contributed by atoms with E-state index in [0.717, 1.165) is 18.2 Å². The summed E-state index contributed by atoms with van der Waals surface area (Å²) >= 11 is 5.91. The summed E-state index contributed by atoms with van der Waals surface area (Å²) in [4.78, 5) is 23.4. The van der Waals surface area contributed by atoms with Gasteiger partial charge in [0.2, 0.25) is 11.8 Å². The van der Waals surface area contributed by atoms with E-state index in [4.69, 9.17) is 11.6 Å². The fourth-order valence-corrected chi connectivity index (χ4v) is 2.10. The SMILES string of the molecule is O=C(CC(=O)Nc1cccc(C(F)(F)F)c1)NN=Cc1ccccc1Cl. The van der Waals surface area contributed by atoms with Gasteiger partial charge in [0, 0.05) is 16.3 Å². The Kier molecular flexibility index (Phi) is 6.35. The maximum Gasteiger partial charge on any atom is 0.416 e. The largest absolute Gasteiger partial charge is 0.416 e. The molecule has 26 heavy (non-hydrogen) atoms. The number of halogens is 4. The van der Waals surface area contributed by atoms with Gasteiger partial charge in [-0.25, -0.2) is 5.43 Å². The Morgan fingerprint density at radius 3 is 2.50 bits per heavy atom. The normalized spacial score (nSPS) is 11.4. The minimum absolute atomic E-state index is 0.0582. The van der Waals surface area contributed by atoms with E-state index in [0.29, 0.717) is 10.6 Å². The summed E-state index contributed by atoms with van der Waals surface area (Å²) in [6, 6.07) is 10.9. The first-order valence-corrected chi connectivity index (χ1v) is 7.67. The molecule has 0 bridgehead atoms. The lowest BCUT2D eigenvalue weighted by Gasteiger charge is -2.09. The molecule has 2 aromatic carbocycles. The van der Waals surface area contributed by atoms with Crippen molar-refractivity contribution in [1.29, 1.82) is 0 Å². The second-order valence-corrected chi connectivity index (χ2v) is 5.53. The number of anilines is 1. The number of hydrazone groups is 1. The molecule has 136 valence electrons. The minimum atomic E-state index is -4.52. The maximum atomic E-state index is 12.6. The lowest BCUT2D eigenvalue weighted by molar-refractivity contribution is -0.137. The van der Waals surface area contributed by atoms with Crippen LogP contribution in [0.25, 0.3) is 0 Å². The van der Waals surface area contributed by atoms with E-state index in [1.807, 2.05) is 0 Å². The number of benzene rings is 2. The van der Waals surface area contributed by atoms with Crippen LogP contribution < -0.4 is 10.7 Å². The zero-order valence-electron chi connectivity index (χ0n) is 13.2. The van der Waals surface area contributed by atoms with Crippen molar-refractivity contribution in [3.8, 4) is 0 Å². The van der Waals surface area contributed by atoms with Crippen LogP contribution in [-0.4, -0.2) is 18.0 Å². The van der Waals surface area contributed by atoms with Gasteiger partial charge in [-0.3, -0.25) is 9.59 Å². The summed E-state index contributed by atoms with van der Waals surface area (Å²) in [6.07, 6.45) is -3.81. The first-order chi connectivity index (χ1) is 12.3. The summed E-state index contributed by atoms with van der Waals surface area (Å²) in [5.41, 5.74) is 1.76. The molecular weight excluding hydrogens is 371 g/mol. The molecule has 0 radical (unpaired) electrons. The first kappa shape index (κ1) is 19.5. The highest BCUT2D eigenvalue weighted by Crippen LogP contribution is 2.30. The lowest BCUT2D eigenvalue weighted by Crippen LogP contribution is -2.24. The smallest absolute Gasteiger partial charge is 0.326 e. The predicted octanol–water partition coefficient (Wildman–Crippen LogP) is 3.84. The van der Waals surface area contributed by atoms with Gasteiger partial charge in [0.05, 0.1) is 11.8 Å². The van der Waals surface area contributed by atoms with Crippen molar-refractivity contribution in [1.82, 2.24) is 5.43 Å². The van der Waals surface area contributed by atoms with Crippen molar-refractivity contribution < 1.29 is 22.8 Å². The number of nitrogens with one attached hydrogen (secondary N) is 2. The van der Waals surface area contributed by atoms with E-state index < -0.39 is 30.0 Å². The van der Waals surface area contributed by atoms with Crippen LogP contribution in [0.15, 0.2) is 53.6 Å². The zero-order chi connectivity index (χ0) is 19.2. The third kappa shape index (κ3) is 5.89. The van der Waals surface area contributed by atoms with E-state index in [1.54, 1.807) is 24.3 Å². The van der Waals surface area contributed by atoms with E-state index in [2.05, 4.69) is 15.8 Å². The van der Waals surface area contributed by atoms with Crippen molar-refractivity contribution in [2.24, 2.45) is 5.10 Å². The van der Waals surface area contributed by atoms with Crippen molar-refractivity contribution >= 4 is 35.3 Å². The second-order valence-electron chi connectivity index (χ2n) is 5.12. The van der Waals surface area contributed by atoms with Crippen LogP contribution in [0.1, 0.15) is 17.5 Å². The number of amides is 2. The third-order valence-corrected chi connectivity index (χ3v) is 3.44. The van der Waals surface area contributed by atoms with Gasteiger partial charge in [0.15, 0.2) is 0 Å². The van der Waals surface area contributed by atoms with E-state index in [1.165, 1.54) is 12.3 Å². The van der Waals surface area contributed by atoms with Crippen LogP contribution in [0.2, 0.25) is 5.02 Å². The van der Waals surface area contributed by atoms with Crippen molar-refractivity contribution in [3.63, 3.8) is 0 Å². The van der Waals surface area contributed by atoms with Crippen LogP contribution in [0.5, 0.6) is 0 Å². The molecule has 0 saturated heterocycles. The number of carbonyl (C=O) groups excluding carboxylic acids is 2. The average Bonchev–Trinajstić information content (AvgIpc) is 2.56. The monoisotopic (exact) mass is 383 g/mol. The molecule has 5 nitrogen and oxygen atoms in total. The minimum Gasteiger partial charge on any atom is -0.326 e. The second kappa shape index (κ2) is 8.48. The quantitative estimate of drug-likeness (QED) is 0.468. The highest BCUT2D eigenvalue weighted by atomic mass is 35.5. The van der Waals surface area contributed by atoms with Crippen molar-refractivity contribution in [2.75, 3.05) is 5.32 Å². The van der Waals surface area contributed by atoms with Crippen LogP contribution in [0, 0.1) is 0 Å². The Morgan fingerprint density at radius 1 is 1.08 bits per heavy atom. The number of rotatable bonds is 5. The summed E-state index contributed by atoms with van der Waals surface area (Å²) < 4.78 is 37.9. The standard InChI is InChI=1S/C17H13ClF3N3O2/c18-14-7-2-1-4-11(14)10-22-24-16(26)9-15(25)23-13-6-3-5-12(8-13)17(19,20)21/h1-8,10H,9H2,(H,23,25)(H,24,26). The van der Waals surface area contributed by atoms with Gasteiger partial charge in [-0.15, -0.1) is 0 Å². The summed E-state index contributed by atoms with van der Waals surface area (Å²) in [6.45, 7) is 0. The molecule has 0 unspecified atom stereocenters. The summed E-state index contributed by atoms with van der Waals surface area (Å²) in [5.74, 6) is -1.49. The Morgan fingerprint density at radius 2 is 1.81 bits per heavy atom. The molecule has 0 aliphatic rings. The van der Waals surface area contributed by atoms with Gasteiger partial charge in [0.1, 0.15) is 6.42 Å². The molecule has 2 amide bonds. The summed E-state index contributed by atoms with van der Waals surface area (Å²) in [5, 5.41) is 6.34. The molecule has 0 saturated carbocycles. The average molecular weight is 384 g/mol. The van der Waals surface area contributed by atoms with Crippen LogP contribution in [0.3, 0.4) is 0 Å². The molecule has 0 aliphatic heterocycles. The number of alkyl halides is 3. The zero-order valence-corrected chi connectivity index (χ0v) is 13.9. The third-order valence-electron chi connectivity index (χ3n) is 3.09. The molecule has 0 aliphatic carbocycles. The number of hydrogen-bond acceptors (Lipinski definition) is 3. The Labute approximate surface area is 151 Å². The highest BCUT2D eigenvalue weighted by molar-refractivity contribution is 6.33. The molecule has 0 heterocycles. The molecule has 0 aromatic heterocycles. The molecule has 9 heteroatoms. The van der Waals surface area contributed by atoms with Crippen LogP contribution in [0.4, 0.5) is 18.9 Å². The lowest BCUT2D eigenvalue weighted by atomic mass is 10.2. The van der Waals surface area contributed by atoms with Gasteiger partial charge in [0.25, 0.3) is 0 Å². The predicted molar refractivity (Wildman–Crippen MR) is 91.9 cm³/mol. The Bertz CT molecular complexity index is 838. The molecule has 2 aromatic rings. The van der Waals surface area contributed by atoms with Crippen LogP contribution >= 0.6 is 11.6 Å². The van der Waals surface area contributed by atoms with Gasteiger partial charge in [-0.05, 0) is 24.3 Å².